The zero-order valence-corrected chi connectivity index (χ0v) is 10.7. The number of hydrogen-bond donors (Lipinski definition) is 2. The molecule has 0 atom stereocenters. The van der Waals surface area contributed by atoms with Crippen LogP contribution in [0.5, 0.6) is 0 Å². The van der Waals surface area contributed by atoms with Gasteiger partial charge in [0.2, 0.25) is 5.91 Å². The summed E-state index contributed by atoms with van der Waals surface area (Å²) in [5.74, 6) is -2.19. The molecule has 0 heterocycles. The van der Waals surface area contributed by atoms with E-state index >= 15 is 0 Å². The van der Waals surface area contributed by atoms with Gasteiger partial charge in [-0.2, -0.15) is 0 Å². The van der Waals surface area contributed by atoms with Crippen LogP contribution in [0, 0.1) is 0 Å². The number of carboxylic acids is 2. The standard InChI is InChI=1S/C12H19NO5/c1-9(2)8-10(14)13(7-5-12(17)18)6-3-4-11(15)16/h8H,3-7H2,1-2H3,(H,15,16)(H,17,18). The van der Waals surface area contributed by atoms with Crippen LogP contribution in [-0.2, 0) is 14.4 Å². The molecule has 0 bridgehead atoms. The van der Waals surface area contributed by atoms with Crippen molar-refractivity contribution < 1.29 is 24.6 Å². The van der Waals surface area contributed by atoms with Crippen molar-refractivity contribution in [1.82, 2.24) is 4.90 Å². The van der Waals surface area contributed by atoms with Crippen molar-refractivity contribution in [3.63, 3.8) is 0 Å². The lowest BCUT2D eigenvalue weighted by Gasteiger charge is -2.20. The Balaban J connectivity index is 4.41. The van der Waals surface area contributed by atoms with Gasteiger partial charge >= 0.3 is 11.9 Å². The Morgan fingerprint density at radius 2 is 1.56 bits per heavy atom. The van der Waals surface area contributed by atoms with Crippen molar-refractivity contribution in [1.29, 1.82) is 0 Å². The van der Waals surface area contributed by atoms with E-state index in [0.29, 0.717) is 6.42 Å². The Bertz CT molecular complexity index is 344. The van der Waals surface area contributed by atoms with Crippen LogP contribution in [0.2, 0.25) is 0 Å². The summed E-state index contributed by atoms with van der Waals surface area (Å²) in [5.41, 5.74) is 0.818. The Hall–Kier alpha value is -1.85. The van der Waals surface area contributed by atoms with E-state index in [1.165, 1.54) is 11.0 Å². The van der Waals surface area contributed by atoms with E-state index in [0.717, 1.165) is 5.57 Å². The van der Waals surface area contributed by atoms with Gasteiger partial charge in [0.05, 0.1) is 6.42 Å². The van der Waals surface area contributed by atoms with E-state index in [1.807, 2.05) is 0 Å². The lowest BCUT2D eigenvalue weighted by atomic mass is 10.2. The molecular formula is C12H19NO5. The predicted octanol–water partition coefficient (Wildman–Crippen LogP) is 1.12. The summed E-state index contributed by atoms with van der Waals surface area (Å²) in [5, 5.41) is 17.1. The summed E-state index contributed by atoms with van der Waals surface area (Å²) in [6.45, 7) is 3.88. The third-order valence-electron chi connectivity index (χ3n) is 2.14. The van der Waals surface area contributed by atoms with Gasteiger partial charge in [0.1, 0.15) is 0 Å². The van der Waals surface area contributed by atoms with Crippen molar-refractivity contribution in [3.8, 4) is 0 Å². The molecule has 0 unspecified atom stereocenters. The summed E-state index contributed by atoms with van der Waals surface area (Å²) >= 11 is 0. The molecule has 6 heteroatoms. The first-order valence-corrected chi connectivity index (χ1v) is 5.70. The highest BCUT2D eigenvalue weighted by Crippen LogP contribution is 2.02. The first kappa shape index (κ1) is 16.1. The number of carboxylic acid groups (broad SMARTS) is 2. The second-order valence-corrected chi connectivity index (χ2v) is 4.19. The SMILES string of the molecule is CC(C)=CC(=O)N(CCCC(=O)O)CCC(=O)O. The molecule has 0 aromatic carbocycles. The monoisotopic (exact) mass is 257 g/mol. The summed E-state index contributed by atoms with van der Waals surface area (Å²) in [4.78, 5) is 34.0. The number of rotatable bonds is 8. The predicted molar refractivity (Wildman–Crippen MR) is 65.1 cm³/mol. The summed E-state index contributed by atoms with van der Waals surface area (Å²) < 4.78 is 0. The zero-order chi connectivity index (χ0) is 14.1. The summed E-state index contributed by atoms with van der Waals surface area (Å²) in [6, 6.07) is 0. The quantitative estimate of drug-likeness (QED) is 0.635. The topological polar surface area (TPSA) is 94.9 Å². The minimum absolute atomic E-state index is 0.0360. The molecule has 0 fully saturated rings. The number of carbonyl (C=O) groups excluding carboxylic acids is 1. The maximum atomic E-state index is 11.8. The van der Waals surface area contributed by atoms with Crippen LogP contribution in [0.3, 0.4) is 0 Å². The molecule has 2 N–H and O–H groups in total. The van der Waals surface area contributed by atoms with Gasteiger partial charge in [0.15, 0.2) is 0 Å². The van der Waals surface area contributed by atoms with E-state index in [9.17, 15) is 14.4 Å². The zero-order valence-electron chi connectivity index (χ0n) is 10.7. The molecule has 0 saturated heterocycles. The summed E-state index contributed by atoms with van der Waals surface area (Å²) in [6.07, 6.45) is 1.56. The molecular weight excluding hydrogens is 238 g/mol. The molecule has 0 spiro atoms. The maximum Gasteiger partial charge on any atom is 0.305 e. The van der Waals surface area contributed by atoms with E-state index in [-0.39, 0.29) is 31.8 Å². The van der Waals surface area contributed by atoms with Gasteiger partial charge in [0.25, 0.3) is 0 Å². The van der Waals surface area contributed by atoms with E-state index in [4.69, 9.17) is 10.2 Å². The Morgan fingerprint density at radius 3 is 2.00 bits per heavy atom. The molecule has 102 valence electrons. The fourth-order valence-electron chi connectivity index (χ4n) is 1.32. The Morgan fingerprint density at radius 1 is 1.00 bits per heavy atom. The lowest BCUT2D eigenvalue weighted by Crippen LogP contribution is -2.33. The van der Waals surface area contributed by atoms with Crippen LogP contribution in [-0.4, -0.2) is 46.0 Å². The third-order valence-corrected chi connectivity index (χ3v) is 2.14. The molecule has 18 heavy (non-hydrogen) atoms. The maximum absolute atomic E-state index is 11.8. The molecule has 6 nitrogen and oxygen atoms in total. The van der Waals surface area contributed by atoms with E-state index in [2.05, 4.69) is 0 Å². The van der Waals surface area contributed by atoms with Gasteiger partial charge in [-0.1, -0.05) is 5.57 Å². The van der Waals surface area contributed by atoms with Crippen LogP contribution in [0.25, 0.3) is 0 Å². The van der Waals surface area contributed by atoms with Crippen LogP contribution in [0.15, 0.2) is 11.6 Å². The molecule has 0 saturated carbocycles. The molecule has 1 amide bonds. The molecule has 0 radical (unpaired) electrons. The van der Waals surface area contributed by atoms with Crippen LogP contribution >= 0.6 is 0 Å². The van der Waals surface area contributed by atoms with Gasteiger partial charge in [-0.25, -0.2) is 0 Å². The fourth-order valence-corrected chi connectivity index (χ4v) is 1.32. The van der Waals surface area contributed by atoms with E-state index < -0.39 is 11.9 Å². The molecule has 0 aliphatic heterocycles. The van der Waals surface area contributed by atoms with Crippen molar-refractivity contribution in [2.24, 2.45) is 0 Å². The number of amides is 1. The van der Waals surface area contributed by atoms with Crippen molar-refractivity contribution in [3.05, 3.63) is 11.6 Å². The fraction of sp³-hybridized carbons (Fsp3) is 0.583. The van der Waals surface area contributed by atoms with Crippen molar-refractivity contribution >= 4 is 17.8 Å². The number of aliphatic carboxylic acids is 2. The molecule has 0 aromatic heterocycles. The third kappa shape index (κ3) is 8.32. The molecule has 0 rings (SSSR count). The van der Waals surface area contributed by atoms with Gasteiger partial charge in [-0.05, 0) is 20.3 Å². The van der Waals surface area contributed by atoms with Gasteiger partial charge in [-0.15, -0.1) is 0 Å². The van der Waals surface area contributed by atoms with Crippen LogP contribution < -0.4 is 0 Å². The smallest absolute Gasteiger partial charge is 0.305 e. The Labute approximate surface area is 106 Å². The number of allylic oxidation sites excluding steroid dienone is 1. The average Bonchev–Trinajstić information content (AvgIpc) is 2.20. The normalized spacial score (nSPS) is 9.67. The van der Waals surface area contributed by atoms with Crippen molar-refractivity contribution in [2.45, 2.75) is 33.1 Å². The second kappa shape index (κ2) is 8.27. The largest absolute Gasteiger partial charge is 0.481 e. The highest BCUT2D eigenvalue weighted by Gasteiger charge is 2.13. The minimum atomic E-state index is -0.983. The molecule has 0 aromatic rings. The average molecular weight is 257 g/mol. The highest BCUT2D eigenvalue weighted by atomic mass is 16.4. The van der Waals surface area contributed by atoms with Crippen molar-refractivity contribution in [2.75, 3.05) is 13.1 Å². The number of nitrogens with zero attached hydrogens (tertiary/aromatic N) is 1. The van der Waals surface area contributed by atoms with Crippen LogP contribution in [0.4, 0.5) is 0 Å². The summed E-state index contributed by atoms with van der Waals surface area (Å²) in [7, 11) is 0. The minimum Gasteiger partial charge on any atom is -0.481 e. The number of hydrogen-bond acceptors (Lipinski definition) is 3. The highest BCUT2D eigenvalue weighted by molar-refractivity contribution is 5.88. The molecule has 0 aliphatic carbocycles. The first-order valence-electron chi connectivity index (χ1n) is 5.70. The Kier molecular flexibility index (Phi) is 7.42. The molecule has 0 aliphatic rings. The van der Waals surface area contributed by atoms with Crippen LogP contribution in [0.1, 0.15) is 33.1 Å². The first-order chi connectivity index (χ1) is 8.32. The lowest BCUT2D eigenvalue weighted by molar-refractivity contribution is -0.139. The van der Waals surface area contributed by atoms with E-state index in [1.54, 1.807) is 13.8 Å². The van der Waals surface area contributed by atoms with Gasteiger partial charge in [-0.3, -0.25) is 14.4 Å². The van der Waals surface area contributed by atoms with Gasteiger partial charge < -0.3 is 15.1 Å². The second-order valence-electron chi connectivity index (χ2n) is 4.19. The van der Waals surface area contributed by atoms with Gasteiger partial charge in [0, 0.05) is 25.6 Å². The number of carbonyl (C=O) groups is 3.